The second-order valence-corrected chi connectivity index (χ2v) is 7.30. The molecule has 1 amide bonds. The van der Waals surface area contributed by atoms with E-state index in [-0.39, 0.29) is 5.91 Å². The van der Waals surface area contributed by atoms with Crippen molar-refractivity contribution in [1.82, 2.24) is 30.5 Å². The van der Waals surface area contributed by atoms with Crippen LogP contribution in [0.3, 0.4) is 0 Å². The molecule has 0 aliphatic carbocycles. The van der Waals surface area contributed by atoms with E-state index in [1.165, 1.54) is 11.2 Å². The third-order valence-corrected chi connectivity index (χ3v) is 5.50. The van der Waals surface area contributed by atoms with Crippen LogP contribution in [0.1, 0.15) is 29.2 Å². The summed E-state index contributed by atoms with van der Waals surface area (Å²) in [6.45, 7) is 2.09. The lowest BCUT2D eigenvalue weighted by Crippen LogP contribution is -2.26. The summed E-state index contributed by atoms with van der Waals surface area (Å²) in [5.74, 6) is 0.490. The maximum absolute atomic E-state index is 12.3. The number of aromatic nitrogens is 5. The Morgan fingerprint density at radius 2 is 2.08 bits per heavy atom. The summed E-state index contributed by atoms with van der Waals surface area (Å²) in [4.78, 5) is 17.9. The monoisotopic (exact) mass is 369 g/mol. The summed E-state index contributed by atoms with van der Waals surface area (Å²) in [5.41, 5.74) is 1.78. The minimum atomic E-state index is -0.0635. The van der Waals surface area contributed by atoms with E-state index in [9.17, 15) is 4.79 Å². The van der Waals surface area contributed by atoms with Crippen LogP contribution in [0, 0.1) is 0 Å². The van der Waals surface area contributed by atoms with Gasteiger partial charge in [0.05, 0.1) is 12.1 Å². The van der Waals surface area contributed by atoms with E-state index in [1.54, 1.807) is 16.0 Å². The fourth-order valence-corrected chi connectivity index (χ4v) is 4.04. The standard InChI is InChI=1S/C17H19N7OS/c25-16(9-12-1-3-14(4-2-12)24-11-20-22-23-24)21-17-19-10-15(26-17)13-5-7-18-8-6-13/h1-4,10-11,13,18H,5-9H2,(H,19,21,25). The molecule has 1 aromatic carbocycles. The molecule has 134 valence electrons. The van der Waals surface area contributed by atoms with Crippen LogP contribution in [0.25, 0.3) is 5.69 Å². The first-order valence-corrected chi connectivity index (χ1v) is 9.38. The molecule has 3 heterocycles. The van der Waals surface area contributed by atoms with Gasteiger partial charge in [-0.1, -0.05) is 12.1 Å². The molecular formula is C17H19N7OS. The van der Waals surface area contributed by atoms with Gasteiger partial charge in [-0.05, 0) is 60.0 Å². The first-order valence-electron chi connectivity index (χ1n) is 8.56. The molecule has 0 radical (unpaired) electrons. The number of thiazole rings is 1. The van der Waals surface area contributed by atoms with Crippen molar-refractivity contribution in [3.63, 3.8) is 0 Å². The Balaban J connectivity index is 1.34. The lowest BCUT2D eigenvalue weighted by molar-refractivity contribution is -0.115. The quantitative estimate of drug-likeness (QED) is 0.711. The first kappa shape index (κ1) is 16.8. The summed E-state index contributed by atoms with van der Waals surface area (Å²) < 4.78 is 1.57. The minimum Gasteiger partial charge on any atom is -0.317 e. The normalized spacial score (nSPS) is 15.1. The Morgan fingerprint density at radius 1 is 1.27 bits per heavy atom. The molecule has 0 unspecified atom stereocenters. The molecule has 0 bridgehead atoms. The van der Waals surface area contributed by atoms with Crippen molar-refractivity contribution < 1.29 is 4.79 Å². The highest BCUT2D eigenvalue weighted by molar-refractivity contribution is 7.15. The molecule has 1 aliphatic rings. The number of benzene rings is 1. The Hall–Kier alpha value is -2.65. The molecule has 1 fully saturated rings. The highest BCUT2D eigenvalue weighted by Crippen LogP contribution is 2.31. The van der Waals surface area contributed by atoms with E-state index in [0.717, 1.165) is 37.2 Å². The summed E-state index contributed by atoms with van der Waals surface area (Å²) in [6, 6.07) is 7.58. The van der Waals surface area contributed by atoms with Crippen LogP contribution in [-0.4, -0.2) is 44.2 Å². The Labute approximate surface area is 154 Å². The van der Waals surface area contributed by atoms with Gasteiger partial charge in [-0.3, -0.25) is 4.79 Å². The number of amides is 1. The van der Waals surface area contributed by atoms with E-state index in [2.05, 4.69) is 31.1 Å². The largest absolute Gasteiger partial charge is 0.317 e. The molecule has 0 atom stereocenters. The molecular weight excluding hydrogens is 350 g/mol. The number of piperidine rings is 1. The first-order chi connectivity index (χ1) is 12.8. The van der Waals surface area contributed by atoms with Gasteiger partial charge in [-0.25, -0.2) is 9.67 Å². The second-order valence-electron chi connectivity index (χ2n) is 6.24. The van der Waals surface area contributed by atoms with Gasteiger partial charge in [0.2, 0.25) is 5.91 Å². The summed E-state index contributed by atoms with van der Waals surface area (Å²) >= 11 is 1.58. The van der Waals surface area contributed by atoms with Crippen LogP contribution in [0.5, 0.6) is 0 Å². The van der Waals surface area contributed by atoms with E-state index in [4.69, 9.17) is 0 Å². The van der Waals surface area contributed by atoms with Crippen LogP contribution in [0.2, 0.25) is 0 Å². The number of rotatable bonds is 5. The molecule has 26 heavy (non-hydrogen) atoms. The number of tetrazole rings is 1. The molecule has 1 aliphatic heterocycles. The topological polar surface area (TPSA) is 97.6 Å². The van der Waals surface area contributed by atoms with Crippen molar-refractivity contribution >= 4 is 22.4 Å². The summed E-state index contributed by atoms with van der Waals surface area (Å²) in [7, 11) is 0. The average Bonchev–Trinajstić information content (AvgIpc) is 3.35. The van der Waals surface area contributed by atoms with Crippen molar-refractivity contribution in [2.24, 2.45) is 0 Å². The molecule has 0 saturated carbocycles. The van der Waals surface area contributed by atoms with E-state index in [1.807, 2.05) is 30.5 Å². The molecule has 4 rings (SSSR count). The zero-order chi connectivity index (χ0) is 17.8. The van der Waals surface area contributed by atoms with Crippen LogP contribution >= 0.6 is 11.3 Å². The molecule has 8 nitrogen and oxygen atoms in total. The third-order valence-electron chi connectivity index (χ3n) is 4.43. The Morgan fingerprint density at radius 3 is 2.81 bits per heavy atom. The SMILES string of the molecule is O=C(Cc1ccc(-n2cnnn2)cc1)Nc1ncc(C2CCNCC2)s1. The number of hydrogen-bond acceptors (Lipinski definition) is 7. The lowest BCUT2D eigenvalue weighted by atomic mass is 9.97. The van der Waals surface area contributed by atoms with Crippen LogP contribution in [-0.2, 0) is 11.2 Å². The van der Waals surface area contributed by atoms with Crippen LogP contribution < -0.4 is 10.6 Å². The van der Waals surface area contributed by atoms with Crippen molar-refractivity contribution in [3.05, 3.63) is 47.2 Å². The lowest BCUT2D eigenvalue weighted by Gasteiger charge is -2.20. The van der Waals surface area contributed by atoms with E-state index < -0.39 is 0 Å². The fraction of sp³-hybridized carbons (Fsp3) is 0.353. The van der Waals surface area contributed by atoms with Gasteiger partial charge in [0, 0.05) is 11.1 Å². The van der Waals surface area contributed by atoms with Gasteiger partial charge in [0.1, 0.15) is 6.33 Å². The van der Waals surface area contributed by atoms with Gasteiger partial charge >= 0.3 is 0 Å². The molecule has 1 saturated heterocycles. The predicted molar refractivity (Wildman–Crippen MR) is 98.4 cm³/mol. The zero-order valence-electron chi connectivity index (χ0n) is 14.1. The van der Waals surface area contributed by atoms with Gasteiger partial charge in [-0.15, -0.1) is 16.4 Å². The minimum absolute atomic E-state index is 0.0635. The summed E-state index contributed by atoms with van der Waals surface area (Å²) in [6.07, 6.45) is 5.99. The average molecular weight is 369 g/mol. The number of anilines is 1. The van der Waals surface area contributed by atoms with Crippen molar-refractivity contribution in [2.75, 3.05) is 18.4 Å². The molecule has 0 spiro atoms. The molecule has 3 aromatic rings. The number of nitrogens with one attached hydrogen (secondary N) is 2. The Bertz CT molecular complexity index is 854. The van der Waals surface area contributed by atoms with Crippen LogP contribution in [0.4, 0.5) is 5.13 Å². The predicted octanol–water partition coefficient (Wildman–Crippen LogP) is 1.77. The third kappa shape index (κ3) is 3.94. The van der Waals surface area contributed by atoms with Crippen molar-refractivity contribution in [1.29, 1.82) is 0 Å². The number of nitrogens with zero attached hydrogens (tertiary/aromatic N) is 5. The Kier molecular flexibility index (Phi) is 4.98. The molecule has 2 N–H and O–H groups in total. The maximum Gasteiger partial charge on any atom is 0.230 e. The number of carbonyl (C=O) groups excluding carboxylic acids is 1. The van der Waals surface area contributed by atoms with Crippen molar-refractivity contribution in [3.8, 4) is 5.69 Å². The summed E-state index contributed by atoms with van der Waals surface area (Å²) in [5, 5.41) is 18.0. The van der Waals surface area contributed by atoms with E-state index >= 15 is 0 Å². The van der Waals surface area contributed by atoms with E-state index in [0.29, 0.717) is 17.5 Å². The van der Waals surface area contributed by atoms with Gasteiger partial charge in [0.15, 0.2) is 5.13 Å². The van der Waals surface area contributed by atoms with Gasteiger partial charge in [0.25, 0.3) is 0 Å². The number of hydrogen-bond donors (Lipinski definition) is 2. The highest BCUT2D eigenvalue weighted by atomic mass is 32.1. The fourth-order valence-electron chi connectivity index (χ4n) is 3.03. The second kappa shape index (κ2) is 7.71. The van der Waals surface area contributed by atoms with Crippen LogP contribution in [0.15, 0.2) is 36.8 Å². The van der Waals surface area contributed by atoms with Gasteiger partial charge in [-0.2, -0.15) is 0 Å². The maximum atomic E-state index is 12.3. The number of carbonyl (C=O) groups is 1. The van der Waals surface area contributed by atoms with Gasteiger partial charge < -0.3 is 10.6 Å². The smallest absolute Gasteiger partial charge is 0.230 e. The van der Waals surface area contributed by atoms with Crippen molar-refractivity contribution in [2.45, 2.75) is 25.2 Å². The highest BCUT2D eigenvalue weighted by Gasteiger charge is 2.18. The molecule has 9 heteroatoms. The zero-order valence-corrected chi connectivity index (χ0v) is 14.9. The molecule has 2 aromatic heterocycles.